The van der Waals surface area contributed by atoms with Crippen LogP contribution in [-0.4, -0.2) is 17.6 Å². The molecule has 1 atom stereocenters. The van der Waals surface area contributed by atoms with E-state index in [0.717, 1.165) is 12.1 Å². The molecule has 0 aliphatic rings. The quantitative estimate of drug-likeness (QED) is 0.884. The number of nitrogens with zero attached hydrogens (tertiary/aromatic N) is 1. The van der Waals surface area contributed by atoms with Gasteiger partial charge in [-0.15, -0.1) is 0 Å². The topological polar surface area (TPSA) is 55.1 Å². The number of aryl methyl sites for hydroxylation is 2. The molecule has 0 saturated carbocycles. The van der Waals surface area contributed by atoms with E-state index in [1.54, 1.807) is 6.92 Å². The van der Waals surface area contributed by atoms with Crippen LogP contribution in [0.15, 0.2) is 34.9 Å². The summed E-state index contributed by atoms with van der Waals surface area (Å²) in [5.41, 5.74) is 2.60. The Bertz CT molecular complexity index is 590. The fourth-order valence-corrected chi connectivity index (χ4v) is 2.39. The highest BCUT2D eigenvalue weighted by atomic mass is 16.5. The Morgan fingerprint density at radius 2 is 2.05 bits per heavy atom. The van der Waals surface area contributed by atoms with Crippen molar-refractivity contribution in [3.63, 3.8) is 0 Å². The second-order valence-corrected chi connectivity index (χ2v) is 5.27. The Labute approximate surface area is 125 Å². The fraction of sp³-hybridized carbons (Fsp3) is 0.412. The number of aromatic nitrogens is 1. The minimum atomic E-state index is -0.0918. The Morgan fingerprint density at radius 1 is 1.33 bits per heavy atom. The van der Waals surface area contributed by atoms with Crippen molar-refractivity contribution in [2.24, 2.45) is 0 Å². The fourth-order valence-electron chi connectivity index (χ4n) is 2.39. The highest BCUT2D eigenvalue weighted by Crippen LogP contribution is 2.18. The molecule has 0 bridgehead atoms. The van der Waals surface area contributed by atoms with Crippen LogP contribution in [0.3, 0.4) is 0 Å². The summed E-state index contributed by atoms with van der Waals surface area (Å²) < 4.78 is 5.09. The average molecular weight is 286 g/mol. The number of nitrogens with one attached hydrogen (secondary N) is 1. The molecule has 0 radical (unpaired) electrons. The smallest absolute Gasteiger partial charge is 0.256 e. The largest absolute Gasteiger partial charge is 0.361 e. The van der Waals surface area contributed by atoms with Crippen LogP contribution in [0.5, 0.6) is 0 Å². The van der Waals surface area contributed by atoms with Gasteiger partial charge in [-0.05, 0) is 31.2 Å². The Hall–Kier alpha value is -2.10. The van der Waals surface area contributed by atoms with Crippen molar-refractivity contribution >= 4 is 5.91 Å². The zero-order valence-corrected chi connectivity index (χ0v) is 12.8. The van der Waals surface area contributed by atoms with Crippen molar-refractivity contribution in [3.8, 4) is 0 Å². The van der Waals surface area contributed by atoms with Gasteiger partial charge >= 0.3 is 0 Å². The molecule has 21 heavy (non-hydrogen) atoms. The minimum absolute atomic E-state index is 0.0918. The number of carbonyl (C=O) groups is 1. The van der Waals surface area contributed by atoms with E-state index in [2.05, 4.69) is 29.5 Å². The van der Waals surface area contributed by atoms with Crippen LogP contribution in [0.4, 0.5) is 0 Å². The van der Waals surface area contributed by atoms with Crippen LogP contribution in [-0.2, 0) is 6.42 Å². The predicted molar refractivity (Wildman–Crippen MR) is 82.4 cm³/mol. The molecule has 0 aliphatic heterocycles. The van der Waals surface area contributed by atoms with E-state index in [9.17, 15) is 4.79 Å². The highest BCUT2D eigenvalue weighted by Gasteiger charge is 2.18. The Morgan fingerprint density at radius 3 is 2.71 bits per heavy atom. The molecule has 0 fully saturated rings. The van der Waals surface area contributed by atoms with Gasteiger partial charge in [0.05, 0.1) is 5.69 Å². The van der Waals surface area contributed by atoms with Crippen LogP contribution >= 0.6 is 0 Å². The van der Waals surface area contributed by atoms with Gasteiger partial charge in [0.2, 0.25) is 0 Å². The van der Waals surface area contributed by atoms with Crippen molar-refractivity contribution in [1.82, 2.24) is 10.5 Å². The molecule has 1 aromatic carbocycles. The van der Waals surface area contributed by atoms with E-state index < -0.39 is 0 Å². The third-order valence-electron chi connectivity index (χ3n) is 3.73. The summed E-state index contributed by atoms with van der Waals surface area (Å²) in [5.74, 6) is 0.909. The van der Waals surface area contributed by atoms with Gasteiger partial charge in [-0.25, -0.2) is 0 Å². The second-order valence-electron chi connectivity index (χ2n) is 5.27. The zero-order chi connectivity index (χ0) is 15.2. The second kappa shape index (κ2) is 7.07. The molecule has 1 aromatic heterocycles. The number of rotatable bonds is 6. The van der Waals surface area contributed by atoms with Gasteiger partial charge in [-0.3, -0.25) is 4.79 Å². The predicted octanol–water partition coefficient (Wildman–Crippen LogP) is 3.47. The molecule has 0 aliphatic carbocycles. The summed E-state index contributed by atoms with van der Waals surface area (Å²) in [4.78, 5) is 12.2. The van der Waals surface area contributed by atoms with E-state index in [4.69, 9.17) is 4.52 Å². The summed E-state index contributed by atoms with van der Waals surface area (Å²) in [6.07, 6.45) is 1.60. The lowest BCUT2D eigenvalue weighted by Gasteiger charge is -2.12. The van der Waals surface area contributed by atoms with Crippen molar-refractivity contribution in [1.29, 1.82) is 0 Å². The molecule has 2 aromatic rings. The summed E-state index contributed by atoms with van der Waals surface area (Å²) in [6, 6.07) is 10.3. The van der Waals surface area contributed by atoms with Gasteiger partial charge in [-0.1, -0.05) is 49.3 Å². The first-order valence-electron chi connectivity index (χ1n) is 7.41. The van der Waals surface area contributed by atoms with Gasteiger partial charge in [0.25, 0.3) is 5.91 Å². The van der Waals surface area contributed by atoms with Gasteiger partial charge in [-0.2, -0.15) is 0 Å². The Kier molecular flexibility index (Phi) is 5.14. The standard InChI is InChI=1S/C17H22N2O2/c1-4-15-16(13(3)21-19-15)17(20)18-11-10-12(2)14-8-6-5-7-9-14/h5-9,12H,4,10-11H2,1-3H3,(H,18,20)/t12-/m0/s1. The maximum Gasteiger partial charge on any atom is 0.256 e. The first-order valence-corrected chi connectivity index (χ1v) is 7.41. The number of amides is 1. The van der Waals surface area contributed by atoms with Crippen molar-refractivity contribution in [3.05, 3.63) is 52.9 Å². The first-order chi connectivity index (χ1) is 10.1. The molecule has 0 spiro atoms. The zero-order valence-electron chi connectivity index (χ0n) is 12.8. The number of carbonyl (C=O) groups excluding carboxylic acids is 1. The minimum Gasteiger partial charge on any atom is -0.361 e. The summed E-state index contributed by atoms with van der Waals surface area (Å²) in [5, 5.41) is 6.87. The van der Waals surface area contributed by atoms with Crippen molar-refractivity contribution < 1.29 is 9.32 Å². The molecular weight excluding hydrogens is 264 g/mol. The summed E-state index contributed by atoms with van der Waals surface area (Å²) >= 11 is 0. The van der Waals surface area contributed by atoms with Gasteiger partial charge in [0.15, 0.2) is 0 Å². The number of benzene rings is 1. The lowest BCUT2D eigenvalue weighted by Crippen LogP contribution is -2.26. The van der Waals surface area contributed by atoms with Gasteiger partial charge in [0.1, 0.15) is 11.3 Å². The van der Waals surface area contributed by atoms with E-state index in [-0.39, 0.29) is 5.91 Å². The monoisotopic (exact) mass is 286 g/mol. The maximum absolute atomic E-state index is 12.2. The summed E-state index contributed by atoms with van der Waals surface area (Å²) in [6.45, 7) is 6.55. The highest BCUT2D eigenvalue weighted by molar-refractivity contribution is 5.96. The molecular formula is C17H22N2O2. The van der Waals surface area contributed by atoms with Crippen molar-refractivity contribution in [2.45, 2.75) is 39.5 Å². The van der Waals surface area contributed by atoms with Crippen molar-refractivity contribution in [2.75, 3.05) is 6.54 Å². The SMILES string of the molecule is CCc1noc(C)c1C(=O)NCC[C@H](C)c1ccccc1. The maximum atomic E-state index is 12.2. The third-order valence-corrected chi connectivity index (χ3v) is 3.73. The van der Waals surface area contributed by atoms with E-state index in [1.807, 2.05) is 25.1 Å². The van der Waals surface area contributed by atoms with Crippen LogP contribution < -0.4 is 5.32 Å². The van der Waals surface area contributed by atoms with Crippen LogP contribution in [0, 0.1) is 6.92 Å². The molecule has 112 valence electrons. The van der Waals surface area contributed by atoms with Gasteiger partial charge < -0.3 is 9.84 Å². The molecule has 4 nitrogen and oxygen atoms in total. The van der Waals surface area contributed by atoms with Gasteiger partial charge in [0, 0.05) is 6.54 Å². The number of hydrogen-bond donors (Lipinski definition) is 1. The molecule has 0 unspecified atom stereocenters. The molecule has 4 heteroatoms. The molecule has 1 amide bonds. The van der Waals surface area contributed by atoms with E-state index in [1.165, 1.54) is 5.56 Å². The van der Waals surface area contributed by atoms with E-state index in [0.29, 0.717) is 30.2 Å². The molecule has 2 rings (SSSR count). The van der Waals surface area contributed by atoms with Crippen LogP contribution in [0.1, 0.15) is 53.6 Å². The lowest BCUT2D eigenvalue weighted by atomic mass is 9.98. The molecule has 1 heterocycles. The average Bonchev–Trinajstić information content (AvgIpc) is 2.89. The first kappa shape index (κ1) is 15.3. The lowest BCUT2D eigenvalue weighted by molar-refractivity contribution is 0.0950. The van der Waals surface area contributed by atoms with E-state index >= 15 is 0 Å². The molecule has 0 saturated heterocycles. The van der Waals surface area contributed by atoms with Crippen LogP contribution in [0.25, 0.3) is 0 Å². The number of hydrogen-bond acceptors (Lipinski definition) is 3. The normalized spacial score (nSPS) is 12.1. The Balaban J connectivity index is 1.89. The van der Waals surface area contributed by atoms with Crippen LogP contribution in [0.2, 0.25) is 0 Å². The summed E-state index contributed by atoms with van der Waals surface area (Å²) in [7, 11) is 0. The third kappa shape index (κ3) is 3.72. The molecule has 1 N–H and O–H groups in total.